The molecular weight excluding hydrogens is 266 g/mol. The smallest absolute Gasteiger partial charge is 0.153 e. The van der Waals surface area contributed by atoms with Crippen LogP contribution in [0.5, 0.6) is 5.75 Å². The molecule has 0 unspecified atom stereocenters. The number of hydrogen-bond donors (Lipinski definition) is 2. The first-order chi connectivity index (χ1) is 10.3. The first kappa shape index (κ1) is 15.6. The van der Waals surface area contributed by atoms with Crippen LogP contribution < -0.4 is 10.5 Å². The molecule has 2 rings (SSSR count). The molecule has 0 radical (unpaired) electrons. The first-order valence-electron chi connectivity index (χ1n) is 7.68. The van der Waals surface area contributed by atoms with E-state index < -0.39 is 0 Å². The van der Waals surface area contributed by atoms with Crippen LogP contribution in [0.15, 0.2) is 35.5 Å². The summed E-state index contributed by atoms with van der Waals surface area (Å²) in [5.74, 6) is 1.19. The second kappa shape index (κ2) is 8.52. The van der Waals surface area contributed by atoms with Gasteiger partial charge in [0.15, 0.2) is 5.84 Å². The monoisotopic (exact) mass is 291 g/mol. The largest absolute Gasteiger partial charge is 0.494 e. The van der Waals surface area contributed by atoms with Gasteiger partial charge in [-0.15, -0.1) is 0 Å². The molecule has 3 N–H and O–H groups in total. The standard InChI is InChI=1S/C16H25N3O2/c17-16(18-20)13-19(14-7-4-5-8-14)11-6-12-21-15-9-2-1-3-10-15/h1-3,9-10,14,20H,4-8,11-13H2,(H2,17,18). The third-order valence-corrected chi connectivity index (χ3v) is 3.94. The molecular formula is C16H25N3O2. The van der Waals surface area contributed by atoms with Crippen LogP contribution in [0.2, 0.25) is 0 Å². The van der Waals surface area contributed by atoms with Gasteiger partial charge in [-0.05, 0) is 31.4 Å². The quantitative estimate of drug-likeness (QED) is 0.254. The van der Waals surface area contributed by atoms with Crippen LogP contribution in [0.3, 0.4) is 0 Å². The van der Waals surface area contributed by atoms with E-state index in [0.29, 0.717) is 19.2 Å². The van der Waals surface area contributed by atoms with Gasteiger partial charge in [0, 0.05) is 12.6 Å². The lowest BCUT2D eigenvalue weighted by Gasteiger charge is -2.28. The zero-order chi connectivity index (χ0) is 14.9. The minimum Gasteiger partial charge on any atom is -0.494 e. The molecule has 0 spiro atoms. The lowest BCUT2D eigenvalue weighted by molar-refractivity contribution is 0.199. The molecule has 5 nitrogen and oxygen atoms in total. The molecule has 0 saturated heterocycles. The van der Waals surface area contributed by atoms with Gasteiger partial charge in [-0.3, -0.25) is 4.90 Å². The van der Waals surface area contributed by atoms with Crippen LogP contribution in [-0.2, 0) is 0 Å². The molecule has 0 aromatic heterocycles. The Morgan fingerprint density at radius 3 is 2.67 bits per heavy atom. The molecule has 1 aromatic rings. The van der Waals surface area contributed by atoms with Crippen LogP contribution in [-0.4, -0.2) is 41.7 Å². The third-order valence-electron chi connectivity index (χ3n) is 3.94. The van der Waals surface area contributed by atoms with Gasteiger partial charge in [-0.25, -0.2) is 0 Å². The maximum absolute atomic E-state index is 8.76. The van der Waals surface area contributed by atoms with Crippen molar-refractivity contribution in [2.45, 2.75) is 38.1 Å². The van der Waals surface area contributed by atoms with Crippen LogP contribution in [0.1, 0.15) is 32.1 Å². The molecule has 1 fully saturated rings. The summed E-state index contributed by atoms with van der Waals surface area (Å²) in [6, 6.07) is 10.4. The lowest BCUT2D eigenvalue weighted by Crippen LogP contribution is -2.41. The van der Waals surface area contributed by atoms with Gasteiger partial charge in [0.05, 0.1) is 13.2 Å². The summed E-state index contributed by atoms with van der Waals surface area (Å²) in [6.45, 7) is 2.13. The zero-order valence-corrected chi connectivity index (χ0v) is 12.4. The predicted octanol–water partition coefficient (Wildman–Crippen LogP) is 2.45. The molecule has 0 atom stereocenters. The maximum Gasteiger partial charge on any atom is 0.153 e. The van der Waals surface area contributed by atoms with Gasteiger partial charge in [-0.2, -0.15) is 0 Å². The van der Waals surface area contributed by atoms with E-state index in [1.807, 2.05) is 30.3 Å². The third kappa shape index (κ3) is 5.27. The summed E-state index contributed by atoms with van der Waals surface area (Å²) < 4.78 is 5.71. The van der Waals surface area contributed by atoms with E-state index in [1.54, 1.807) is 0 Å². The normalized spacial score (nSPS) is 16.5. The van der Waals surface area contributed by atoms with E-state index >= 15 is 0 Å². The number of benzene rings is 1. The molecule has 1 aliphatic carbocycles. The molecule has 5 heteroatoms. The van der Waals surface area contributed by atoms with E-state index in [9.17, 15) is 0 Å². The van der Waals surface area contributed by atoms with E-state index in [0.717, 1.165) is 18.7 Å². The highest BCUT2D eigenvalue weighted by molar-refractivity contribution is 5.81. The average molecular weight is 291 g/mol. The Hall–Kier alpha value is -1.75. The number of amidine groups is 1. The summed E-state index contributed by atoms with van der Waals surface area (Å²) in [4.78, 5) is 2.32. The van der Waals surface area contributed by atoms with Crippen molar-refractivity contribution in [2.24, 2.45) is 10.9 Å². The van der Waals surface area contributed by atoms with Crippen molar-refractivity contribution in [2.75, 3.05) is 19.7 Å². The Labute approximate surface area is 126 Å². The number of rotatable bonds is 8. The highest BCUT2D eigenvalue weighted by Crippen LogP contribution is 2.23. The number of para-hydroxylation sites is 1. The Balaban J connectivity index is 1.75. The van der Waals surface area contributed by atoms with E-state index in [1.165, 1.54) is 25.7 Å². The Morgan fingerprint density at radius 1 is 1.29 bits per heavy atom. The second-order valence-corrected chi connectivity index (χ2v) is 5.52. The highest BCUT2D eigenvalue weighted by Gasteiger charge is 2.22. The van der Waals surface area contributed by atoms with Crippen molar-refractivity contribution in [1.82, 2.24) is 4.90 Å². The van der Waals surface area contributed by atoms with Crippen LogP contribution >= 0.6 is 0 Å². The van der Waals surface area contributed by atoms with Gasteiger partial charge in [0.1, 0.15) is 5.75 Å². The molecule has 0 aliphatic heterocycles. The molecule has 0 amide bonds. The summed E-state index contributed by atoms with van der Waals surface area (Å²) in [5, 5.41) is 11.9. The topological polar surface area (TPSA) is 71.1 Å². The Morgan fingerprint density at radius 2 is 2.00 bits per heavy atom. The molecule has 1 saturated carbocycles. The van der Waals surface area contributed by atoms with Crippen molar-refractivity contribution in [1.29, 1.82) is 0 Å². The molecule has 21 heavy (non-hydrogen) atoms. The molecule has 0 heterocycles. The molecule has 0 bridgehead atoms. The van der Waals surface area contributed by atoms with E-state index in [4.69, 9.17) is 15.7 Å². The minimum absolute atomic E-state index is 0.283. The average Bonchev–Trinajstić information content (AvgIpc) is 3.05. The Kier molecular flexibility index (Phi) is 6.34. The summed E-state index contributed by atoms with van der Waals surface area (Å²) in [7, 11) is 0. The maximum atomic E-state index is 8.76. The highest BCUT2D eigenvalue weighted by atomic mass is 16.5. The van der Waals surface area contributed by atoms with Crippen molar-refractivity contribution in [3.05, 3.63) is 30.3 Å². The summed E-state index contributed by atoms with van der Waals surface area (Å²) in [5.41, 5.74) is 5.66. The van der Waals surface area contributed by atoms with Gasteiger partial charge >= 0.3 is 0 Å². The molecule has 116 valence electrons. The molecule has 1 aromatic carbocycles. The van der Waals surface area contributed by atoms with Gasteiger partial charge in [-0.1, -0.05) is 36.2 Å². The Bertz CT molecular complexity index is 430. The summed E-state index contributed by atoms with van der Waals surface area (Å²) in [6.07, 6.45) is 5.90. The fourth-order valence-corrected chi connectivity index (χ4v) is 2.87. The zero-order valence-electron chi connectivity index (χ0n) is 12.4. The second-order valence-electron chi connectivity index (χ2n) is 5.52. The number of ether oxygens (including phenoxy) is 1. The number of oxime groups is 1. The van der Waals surface area contributed by atoms with Crippen LogP contribution in [0.25, 0.3) is 0 Å². The number of nitrogens with two attached hydrogens (primary N) is 1. The fraction of sp³-hybridized carbons (Fsp3) is 0.562. The minimum atomic E-state index is 0.283. The van der Waals surface area contributed by atoms with Crippen molar-refractivity contribution < 1.29 is 9.94 Å². The SMILES string of the molecule is NC(CN(CCCOc1ccccc1)C1CCCC1)=NO. The van der Waals surface area contributed by atoms with Crippen LogP contribution in [0.4, 0.5) is 0 Å². The van der Waals surface area contributed by atoms with Gasteiger partial charge in [0.25, 0.3) is 0 Å². The number of nitrogens with zero attached hydrogens (tertiary/aromatic N) is 2. The summed E-state index contributed by atoms with van der Waals surface area (Å²) >= 11 is 0. The van der Waals surface area contributed by atoms with Gasteiger partial charge < -0.3 is 15.7 Å². The van der Waals surface area contributed by atoms with Gasteiger partial charge in [0.2, 0.25) is 0 Å². The van der Waals surface area contributed by atoms with Crippen molar-refractivity contribution >= 4 is 5.84 Å². The number of hydrogen-bond acceptors (Lipinski definition) is 4. The van der Waals surface area contributed by atoms with E-state index in [2.05, 4.69) is 10.1 Å². The fourth-order valence-electron chi connectivity index (χ4n) is 2.87. The molecule has 1 aliphatic rings. The van der Waals surface area contributed by atoms with Crippen LogP contribution in [0, 0.1) is 0 Å². The lowest BCUT2D eigenvalue weighted by atomic mass is 10.2. The van der Waals surface area contributed by atoms with Crippen molar-refractivity contribution in [3.8, 4) is 5.75 Å². The van der Waals surface area contributed by atoms with Crippen molar-refractivity contribution in [3.63, 3.8) is 0 Å². The first-order valence-corrected chi connectivity index (χ1v) is 7.68. The van der Waals surface area contributed by atoms with E-state index in [-0.39, 0.29) is 5.84 Å². The predicted molar refractivity (Wildman–Crippen MR) is 83.8 cm³/mol.